The van der Waals surface area contributed by atoms with E-state index in [1.807, 2.05) is 11.7 Å². The maximum Gasteiger partial charge on any atom is 0.0834 e. The van der Waals surface area contributed by atoms with Gasteiger partial charge in [-0.3, -0.25) is 4.68 Å². The van der Waals surface area contributed by atoms with Gasteiger partial charge in [-0.05, 0) is 48.6 Å². The minimum atomic E-state index is -0.0334. The van der Waals surface area contributed by atoms with Gasteiger partial charge in [-0.1, -0.05) is 18.5 Å². The lowest BCUT2D eigenvalue weighted by Gasteiger charge is -2.42. The van der Waals surface area contributed by atoms with E-state index in [0.717, 1.165) is 30.2 Å². The van der Waals surface area contributed by atoms with Gasteiger partial charge in [0.1, 0.15) is 0 Å². The van der Waals surface area contributed by atoms with E-state index in [2.05, 4.69) is 62.3 Å². The van der Waals surface area contributed by atoms with Crippen molar-refractivity contribution in [2.24, 2.45) is 0 Å². The third-order valence-corrected chi connectivity index (χ3v) is 4.80. The van der Waals surface area contributed by atoms with Gasteiger partial charge in [0.25, 0.3) is 0 Å². The fourth-order valence-electron chi connectivity index (χ4n) is 2.65. The third-order valence-electron chi connectivity index (χ3n) is 4.51. The minimum absolute atomic E-state index is 0.0334. The van der Waals surface area contributed by atoms with Gasteiger partial charge in [0.15, 0.2) is 0 Å². The highest BCUT2D eigenvalue weighted by atomic mass is 35.5. The Labute approximate surface area is 134 Å². The van der Waals surface area contributed by atoms with E-state index < -0.39 is 0 Å². The average molecular weight is 316 g/mol. The van der Waals surface area contributed by atoms with Gasteiger partial charge in [-0.15, -0.1) is 0 Å². The van der Waals surface area contributed by atoms with Crippen LogP contribution in [-0.4, -0.2) is 66.9 Å². The number of halogens is 1. The summed E-state index contributed by atoms with van der Waals surface area (Å²) in [6.07, 6.45) is 2.77. The lowest BCUT2D eigenvalue weighted by Crippen LogP contribution is -2.51. The van der Waals surface area contributed by atoms with E-state index in [0.29, 0.717) is 0 Å². The van der Waals surface area contributed by atoms with E-state index in [9.17, 15) is 0 Å². The zero-order valence-corrected chi connectivity index (χ0v) is 15.2. The summed E-state index contributed by atoms with van der Waals surface area (Å²) in [6, 6.07) is 0.120. The number of aromatic nitrogens is 2. The van der Waals surface area contributed by atoms with Crippen LogP contribution in [-0.2, 0) is 6.54 Å². The minimum Gasteiger partial charge on any atom is -0.310 e. The van der Waals surface area contributed by atoms with Crippen molar-refractivity contribution in [2.45, 2.75) is 38.4 Å². The number of nitrogens with zero attached hydrogens (tertiary/aromatic N) is 4. The summed E-state index contributed by atoms with van der Waals surface area (Å²) < 4.78 is 2.03. The molecule has 122 valence electrons. The molecule has 2 atom stereocenters. The second-order valence-electron chi connectivity index (χ2n) is 6.23. The van der Waals surface area contributed by atoms with Crippen molar-refractivity contribution >= 4 is 11.6 Å². The Bertz CT molecular complexity index is 443. The summed E-state index contributed by atoms with van der Waals surface area (Å²) >= 11 is 6.45. The van der Waals surface area contributed by atoms with E-state index >= 15 is 0 Å². The SMILES string of the molecule is CCC(C)(C(NC)c1c(Cl)cnn1CCN(C)C)N(C)C. The van der Waals surface area contributed by atoms with Crippen molar-refractivity contribution in [3.63, 3.8) is 0 Å². The monoisotopic (exact) mass is 315 g/mol. The molecule has 0 spiro atoms. The molecule has 0 fully saturated rings. The van der Waals surface area contributed by atoms with Gasteiger partial charge in [-0.25, -0.2) is 0 Å². The van der Waals surface area contributed by atoms with Crippen molar-refractivity contribution in [2.75, 3.05) is 41.8 Å². The summed E-state index contributed by atoms with van der Waals surface area (Å²) in [6.45, 7) is 6.24. The van der Waals surface area contributed by atoms with Gasteiger partial charge >= 0.3 is 0 Å². The lowest BCUT2D eigenvalue weighted by molar-refractivity contribution is 0.112. The Hall–Kier alpha value is -0.620. The Kier molecular flexibility index (Phi) is 6.66. The summed E-state index contributed by atoms with van der Waals surface area (Å²) in [7, 11) is 10.3. The first-order valence-electron chi connectivity index (χ1n) is 7.48. The molecule has 0 aromatic carbocycles. The summed E-state index contributed by atoms with van der Waals surface area (Å²) in [5.74, 6) is 0. The van der Waals surface area contributed by atoms with Crippen LogP contribution in [0, 0.1) is 0 Å². The Morgan fingerprint density at radius 1 is 1.38 bits per heavy atom. The zero-order chi connectivity index (χ0) is 16.2. The molecular formula is C15H30ClN5. The zero-order valence-electron chi connectivity index (χ0n) is 14.4. The first-order chi connectivity index (χ1) is 9.77. The molecule has 1 rings (SSSR count). The second kappa shape index (κ2) is 7.58. The standard InChI is InChI=1S/C15H30ClN5/c1-8-15(2,20(6)7)14(17-3)13-12(16)11-18-21(13)10-9-19(4)5/h11,14,17H,8-10H2,1-7H3. The molecule has 0 saturated heterocycles. The molecule has 0 saturated carbocycles. The average Bonchev–Trinajstić information content (AvgIpc) is 2.78. The molecule has 1 N–H and O–H groups in total. The smallest absolute Gasteiger partial charge is 0.0834 e. The van der Waals surface area contributed by atoms with Crippen molar-refractivity contribution in [3.8, 4) is 0 Å². The van der Waals surface area contributed by atoms with Gasteiger partial charge in [-0.2, -0.15) is 5.10 Å². The van der Waals surface area contributed by atoms with Crippen LogP contribution in [0.4, 0.5) is 0 Å². The van der Waals surface area contributed by atoms with E-state index in [1.54, 1.807) is 6.20 Å². The molecule has 0 aliphatic heterocycles. The number of hydrogen-bond acceptors (Lipinski definition) is 4. The maximum atomic E-state index is 6.45. The number of nitrogens with one attached hydrogen (secondary N) is 1. The summed E-state index contributed by atoms with van der Waals surface area (Å²) in [5.41, 5.74) is 1.04. The topological polar surface area (TPSA) is 36.3 Å². The fourth-order valence-corrected chi connectivity index (χ4v) is 2.90. The van der Waals surface area contributed by atoms with Crippen molar-refractivity contribution in [1.29, 1.82) is 0 Å². The largest absolute Gasteiger partial charge is 0.310 e. The summed E-state index contributed by atoms with van der Waals surface area (Å²) in [4.78, 5) is 4.41. The molecule has 21 heavy (non-hydrogen) atoms. The number of likely N-dealkylation sites (N-methyl/N-ethyl adjacent to an activating group) is 3. The van der Waals surface area contributed by atoms with E-state index in [4.69, 9.17) is 11.6 Å². The molecule has 0 aliphatic rings. The number of rotatable bonds is 8. The maximum absolute atomic E-state index is 6.45. The third kappa shape index (κ3) is 3.97. The first-order valence-corrected chi connectivity index (χ1v) is 7.86. The van der Waals surface area contributed by atoms with Crippen LogP contribution >= 0.6 is 11.6 Å². The molecule has 5 nitrogen and oxygen atoms in total. The van der Waals surface area contributed by atoms with Crippen LogP contribution in [0.5, 0.6) is 0 Å². The molecule has 6 heteroatoms. The highest BCUT2D eigenvalue weighted by Gasteiger charge is 2.38. The quantitative estimate of drug-likeness (QED) is 0.797. The molecule has 2 unspecified atom stereocenters. The van der Waals surface area contributed by atoms with Crippen LogP contribution < -0.4 is 5.32 Å². The van der Waals surface area contributed by atoms with Crippen molar-refractivity contribution in [1.82, 2.24) is 24.9 Å². The predicted molar refractivity (Wildman–Crippen MR) is 90.0 cm³/mol. The first kappa shape index (κ1) is 18.4. The van der Waals surface area contributed by atoms with Gasteiger partial charge < -0.3 is 15.1 Å². The van der Waals surface area contributed by atoms with Crippen LogP contribution in [0.25, 0.3) is 0 Å². The predicted octanol–water partition coefficient (Wildman–Crippen LogP) is 2.09. The highest BCUT2D eigenvalue weighted by molar-refractivity contribution is 6.31. The Morgan fingerprint density at radius 3 is 2.43 bits per heavy atom. The van der Waals surface area contributed by atoms with E-state index in [-0.39, 0.29) is 11.6 Å². The molecule has 0 amide bonds. The Morgan fingerprint density at radius 2 is 2.00 bits per heavy atom. The second-order valence-corrected chi connectivity index (χ2v) is 6.64. The fraction of sp³-hybridized carbons (Fsp3) is 0.800. The van der Waals surface area contributed by atoms with Crippen molar-refractivity contribution < 1.29 is 0 Å². The van der Waals surface area contributed by atoms with Crippen LogP contribution in [0.2, 0.25) is 5.02 Å². The van der Waals surface area contributed by atoms with Gasteiger partial charge in [0.2, 0.25) is 0 Å². The molecule has 1 aromatic rings. The highest BCUT2D eigenvalue weighted by Crippen LogP contribution is 2.35. The van der Waals surface area contributed by atoms with Gasteiger partial charge in [0.05, 0.1) is 29.5 Å². The van der Waals surface area contributed by atoms with Crippen LogP contribution in [0.3, 0.4) is 0 Å². The molecule has 1 aromatic heterocycles. The molecule has 0 aliphatic carbocycles. The normalized spacial score (nSPS) is 16.5. The van der Waals surface area contributed by atoms with Crippen molar-refractivity contribution in [3.05, 3.63) is 16.9 Å². The molecular weight excluding hydrogens is 286 g/mol. The Balaban J connectivity index is 3.19. The van der Waals surface area contributed by atoms with Crippen LogP contribution in [0.1, 0.15) is 32.0 Å². The molecule has 1 heterocycles. The summed E-state index contributed by atoms with van der Waals surface area (Å²) in [5, 5.41) is 8.64. The van der Waals surface area contributed by atoms with Gasteiger partial charge in [0, 0.05) is 12.1 Å². The molecule has 0 bridgehead atoms. The number of hydrogen-bond donors (Lipinski definition) is 1. The van der Waals surface area contributed by atoms with Crippen LogP contribution in [0.15, 0.2) is 6.20 Å². The van der Waals surface area contributed by atoms with E-state index in [1.165, 1.54) is 0 Å². The molecule has 0 radical (unpaired) electrons. The lowest BCUT2D eigenvalue weighted by atomic mass is 9.86.